The Labute approximate surface area is 118 Å². The number of nitrogens with zero attached hydrogens (tertiary/aromatic N) is 2. The van der Waals surface area contributed by atoms with Gasteiger partial charge in [-0.05, 0) is 25.0 Å². The van der Waals surface area contributed by atoms with Gasteiger partial charge in [0.25, 0.3) is 5.91 Å². The number of carboxylic acids is 1. The van der Waals surface area contributed by atoms with Crippen LogP contribution in [0, 0.1) is 0 Å². The normalized spacial score (nSPS) is 16.4. The monoisotopic (exact) mass is 276 g/mol. The summed E-state index contributed by atoms with van der Waals surface area (Å²) in [6.45, 7) is 0. The lowest BCUT2D eigenvalue weighted by Crippen LogP contribution is -2.36. The van der Waals surface area contributed by atoms with Crippen LogP contribution >= 0.6 is 0 Å². The Kier molecular flexibility index (Phi) is 4.71. The zero-order valence-electron chi connectivity index (χ0n) is 11.7. The first-order chi connectivity index (χ1) is 9.59. The Balaban J connectivity index is 2.13. The van der Waals surface area contributed by atoms with Crippen LogP contribution in [0.4, 0.5) is 0 Å². The van der Waals surface area contributed by atoms with Crippen molar-refractivity contribution in [2.24, 2.45) is 0 Å². The quantitative estimate of drug-likeness (QED) is 0.861. The SMILES string of the molecule is CN(C(=O)c1ccnc(C(=O)O)c1)C1CCCCCC1. The van der Waals surface area contributed by atoms with Crippen LogP contribution in [0.15, 0.2) is 18.3 Å². The molecular weight excluding hydrogens is 256 g/mol. The molecule has 1 N–H and O–H groups in total. The Morgan fingerprint density at radius 2 is 1.90 bits per heavy atom. The molecule has 1 fully saturated rings. The number of hydrogen-bond acceptors (Lipinski definition) is 3. The molecule has 0 atom stereocenters. The fraction of sp³-hybridized carbons (Fsp3) is 0.533. The van der Waals surface area contributed by atoms with E-state index in [-0.39, 0.29) is 17.6 Å². The second-order valence-corrected chi connectivity index (χ2v) is 5.30. The van der Waals surface area contributed by atoms with E-state index in [1.54, 1.807) is 18.0 Å². The average molecular weight is 276 g/mol. The van der Waals surface area contributed by atoms with Crippen LogP contribution in [0.2, 0.25) is 0 Å². The summed E-state index contributed by atoms with van der Waals surface area (Å²) < 4.78 is 0. The minimum Gasteiger partial charge on any atom is -0.477 e. The highest BCUT2D eigenvalue weighted by atomic mass is 16.4. The Morgan fingerprint density at radius 1 is 1.25 bits per heavy atom. The molecule has 0 bridgehead atoms. The summed E-state index contributed by atoms with van der Waals surface area (Å²) in [5.41, 5.74) is 0.300. The van der Waals surface area contributed by atoms with Crippen molar-refractivity contribution in [2.75, 3.05) is 7.05 Å². The van der Waals surface area contributed by atoms with Gasteiger partial charge in [-0.3, -0.25) is 4.79 Å². The predicted octanol–water partition coefficient (Wildman–Crippen LogP) is 2.57. The van der Waals surface area contributed by atoms with Gasteiger partial charge in [0.1, 0.15) is 5.69 Å². The second-order valence-electron chi connectivity index (χ2n) is 5.30. The van der Waals surface area contributed by atoms with Crippen molar-refractivity contribution in [3.05, 3.63) is 29.6 Å². The third-order valence-electron chi connectivity index (χ3n) is 3.92. The van der Waals surface area contributed by atoms with Gasteiger partial charge < -0.3 is 10.0 Å². The first-order valence-electron chi connectivity index (χ1n) is 7.06. The summed E-state index contributed by atoms with van der Waals surface area (Å²) in [5, 5.41) is 8.93. The third kappa shape index (κ3) is 3.35. The molecule has 2 rings (SSSR count). The topological polar surface area (TPSA) is 70.5 Å². The zero-order chi connectivity index (χ0) is 14.5. The van der Waals surface area contributed by atoms with Gasteiger partial charge in [0, 0.05) is 24.8 Å². The second kappa shape index (κ2) is 6.50. The number of amides is 1. The van der Waals surface area contributed by atoms with Crippen molar-refractivity contribution in [3.63, 3.8) is 0 Å². The van der Waals surface area contributed by atoms with Crippen LogP contribution in [-0.2, 0) is 0 Å². The van der Waals surface area contributed by atoms with Gasteiger partial charge in [-0.15, -0.1) is 0 Å². The Hall–Kier alpha value is -1.91. The van der Waals surface area contributed by atoms with Crippen LogP contribution < -0.4 is 0 Å². The Bertz CT molecular complexity index is 494. The van der Waals surface area contributed by atoms with E-state index in [0.29, 0.717) is 5.56 Å². The van der Waals surface area contributed by atoms with Gasteiger partial charge in [-0.25, -0.2) is 9.78 Å². The maximum absolute atomic E-state index is 12.4. The summed E-state index contributed by atoms with van der Waals surface area (Å²) in [6, 6.07) is 3.17. The van der Waals surface area contributed by atoms with Crippen molar-refractivity contribution in [1.29, 1.82) is 0 Å². The van der Waals surface area contributed by atoms with Gasteiger partial charge in [-0.2, -0.15) is 0 Å². The average Bonchev–Trinajstić information content (AvgIpc) is 2.75. The molecule has 0 unspecified atom stereocenters. The van der Waals surface area contributed by atoms with E-state index in [9.17, 15) is 9.59 Å². The minimum absolute atomic E-state index is 0.0925. The van der Waals surface area contributed by atoms with Crippen LogP contribution in [0.25, 0.3) is 0 Å². The van der Waals surface area contributed by atoms with E-state index in [2.05, 4.69) is 4.98 Å². The van der Waals surface area contributed by atoms with Gasteiger partial charge in [0.15, 0.2) is 0 Å². The maximum atomic E-state index is 12.4. The molecule has 108 valence electrons. The summed E-state index contributed by atoms with van der Waals surface area (Å²) >= 11 is 0. The molecule has 1 aromatic rings. The van der Waals surface area contributed by atoms with Crippen molar-refractivity contribution >= 4 is 11.9 Å². The fourth-order valence-corrected chi connectivity index (χ4v) is 2.70. The molecule has 1 heterocycles. The van der Waals surface area contributed by atoms with E-state index in [1.165, 1.54) is 25.1 Å². The number of aromatic carboxylic acids is 1. The lowest BCUT2D eigenvalue weighted by molar-refractivity contribution is 0.0690. The van der Waals surface area contributed by atoms with Crippen LogP contribution in [0.3, 0.4) is 0 Å². The molecule has 1 aromatic heterocycles. The van der Waals surface area contributed by atoms with E-state index in [4.69, 9.17) is 5.11 Å². The summed E-state index contributed by atoms with van der Waals surface area (Å²) in [7, 11) is 1.80. The van der Waals surface area contributed by atoms with E-state index < -0.39 is 5.97 Å². The molecule has 0 aromatic carbocycles. The third-order valence-corrected chi connectivity index (χ3v) is 3.92. The highest BCUT2D eigenvalue weighted by Crippen LogP contribution is 2.22. The van der Waals surface area contributed by atoms with E-state index >= 15 is 0 Å². The minimum atomic E-state index is -1.11. The van der Waals surface area contributed by atoms with Crippen LogP contribution in [0.1, 0.15) is 59.4 Å². The molecule has 1 aliphatic rings. The summed E-state index contributed by atoms with van der Waals surface area (Å²) in [6.07, 6.45) is 8.20. The van der Waals surface area contributed by atoms with E-state index in [1.807, 2.05) is 0 Å². The van der Waals surface area contributed by atoms with Crippen molar-refractivity contribution in [2.45, 2.75) is 44.6 Å². The van der Waals surface area contributed by atoms with Gasteiger partial charge in [0.05, 0.1) is 0 Å². The Morgan fingerprint density at radius 3 is 2.50 bits per heavy atom. The zero-order valence-corrected chi connectivity index (χ0v) is 11.7. The number of pyridine rings is 1. The molecule has 1 amide bonds. The van der Waals surface area contributed by atoms with E-state index in [0.717, 1.165) is 25.7 Å². The molecule has 20 heavy (non-hydrogen) atoms. The molecule has 0 radical (unpaired) electrons. The fourth-order valence-electron chi connectivity index (χ4n) is 2.70. The predicted molar refractivity (Wildman–Crippen MR) is 74.8 cm³/mol. The molecular formula is C15H20N2O3. The first-order valence-corrected chi connectivity index (χ1v) is 7.06. The van der Waals surface area contributed by atoms with Crippen molar-refractivity contribution < 1.29 is 14.7 Å². The molecule has 1 saturated carbocycles. The molecule has 0 aliphatic heterocycles. The number of carbonyl (C=O) groups is 2. The van der Waals surface area contributed by atoms with Crippen LogP contribution in [0.5, 0.6) is 0 Å². The molecule has 5 nitrogen and oxygen atoms in total. The lowest BCUT2D eigenvalue weighted by atomic mass is 10.1. The number of aromatic nitrogens is 1. The molecule has 5 heteroatoms. The largest absolute Gasteiger partial charge is 0.477 e. The van der Waals surface area contributed by atoms with Gasteiger partial charge >= 0.3 is 5.97 Å². The van der Waals surface area contributed by atoms with Crippen LogP contribution in [-0.4, -0.2) is 40.0 Å². The highest BCUT2D eigenvalue weighted by Gasteiger charge is 2.22. The standard InChI is InChI=1S/C15H20N2O3/c1-17(12-6-4-2-3-5-7-12)14(18)11-8-9-16-13(10-11)15(19)20/h8-10,12H,2-7H2,1H3,(H,19,20). The molecule has 1 aliphatic carbocycles. The highest BCUT2D eigenvalue weighted by molar-refractivity contribution is 5.96. The molecule has 0 spiro atoms. The number of hydrogen-bond donors (Lipinski definition) is 1. The maximum Gasteiger partial charge on any atom is 0.354 e. The first kappa shape index (κ1) is 14.5. The number of carbonyl (C=O) groups excluding carboxylic acids is 1. The molecule has 0 saturated heterocycles. The number of rotatable bonds is 3. The smallest absolute Gasteiger partial charge is 0.354 e. The van der Waals surface area contributed by atoms with Gasteiger partial charge in [-0.1, -0.05) is 25.7 Å². The van der Waals surface area contributed by atoms with Gasteiger partial charge in [0.2, 0.25) is 0 Å². The van der Waals surface area contributed by atoms with Crippen molar-refractivity contribution in [1.82, 2.24) is 9.88 Å². The summed E-state index contributed by atoms with van der Waals surface area (Å²) in [5.74, 6) is -1.24. The van der Waals surface area contributed by atoms with Crippen molar-refractivity contribution in [3.8, 4) is 0 Å². The lowest BCUT2D eigenvalue weighted by Gasteiger charge is -2.27. The summed E-state index contributed by atoms with van der Waals surface area (Å²) in [4.78, 5) is 28.8. The number of carboxylic acid groups (broad SMARTS) is 1.